The van der Waals surface area contributed by atoms with Crippen LogP contribution in [-0.2, 0) is 16.0 Å². The van der Waals surface area contributed by atoms with Crippen molar-refractivity contribution in [1.29, 1.82) is 0 Å². The van der Waals surface area contributed by atoms with Crippen molar-refractivity contribution in [3.8, 4) is 0 Å². The molecule has 0 saturated carbocycles. The van der Waals surface area contributed by atoms with Crippen LogP contribution in [0.1, 0.15) is 31.7 Å². The third-order valence-electron chi connectivity index (χ3n) is 3.32. The van der Waals surface area contributed by atoms with Gasteiger partial charge in [-0.2, -0.15) is 0 Å². The summed E-state index contributed by atoms with van der Waals surface area (Å²) in [5.74, 6) is 0.0566. The molecule has 0 saturated heterocycles. The van der Waals surface area contributed by atoms with Crippen LogP contribution in [0.2, 0.25) is 0 Å². The molecule has 6 heteroatoms. The molecule has 0 aliphatic carbocycles. The average Bonchev–Trinajstić information content (AvgIpc) is 2.53. The van der Waals surface area contributed by atoms with Crippen LogP contribution >= 0.6 is 8.52 Å². The molecule has 0 atom stereocenters. The van der Waals surface area contributed by atoms with E-state index in [2.05, 4.69) is 12.2 Å². The number of unbranched alkanes of at least 4 members (excludes halogenated alkanes) is 1. The molecule has 1 N–H and O–H groups in total. The van der Waals surface area contributed by atoms with Gasteiger partial charge in [-0.3, -0.25) is 0 Å². The van der Waals surface area contributed by atoms with E-state index in [0.29, 0.717) is 19.4 Å². The summed E-state index contributed by atoms with van der Waals surface area (Å²) in [6.45, 7) is 3.27. The second-order valence-corrected chi connectivity index (χ2v) is 7.59. The number of hydrogen-bond acceptors (Lipinski definition) is 3. The van der Waals surface area contributed by atoms with E-state index < -0.39 is 0 Å². The van der Waals surface area contributed by atoms with Gasteiger partial charge in [0.2, 0.25) is 0 Å². The molecule has 1 rings (SSSR count). The van der Waals surface area contributed by atoms with Crippen LogP contribution < -0.4 is 5.32 Å². The molecule has 2 amide bonds. The quantitative estimate of drug-likeness (QED) is 0.513. The van der Waals surface area contributed by atoms with Crippen LogP contribution in [0, 0.1) is 23.3 Å². The zero-order valence-electron chi connectivity index (χ0n) is 13.1. The molecule has 0 radical (unpaired) electrons. The minimum absolute atomic E-state index is 0.0130. The van der Waals surface area contributed by atoms with Crippen LogP contribution in [0.5, 0.6) is 0 Å². The molecule has 4 nitrogen and oxygen atoms in total. The first-order valence-corrected chi connectivity index (χ1v) is 11.8. The van der Waals surface area contributed by atoms with Gasteiger partial charge < -0.3 is 0 Å². The van der Waals surface area contributed by atoms with Crippen molar-refractivity contribution in [2.24, 2.45) is 0 Å². The molecular formula is C16H23AtN2O2S. The average molecular weight is 517 g/mol. The Bertz CT molecular complexity index is 480. The minimum atomic E-state index is 0.0130. The second kappa shape index (κ2) is 11.0. The Morgan fingerprint density at radius 2 is 1.95 bits per heavy atom. The Labute approximate surface area is 150 Å². The Morgan fingerprint density at radius 1 is 1.27 bits per heavy atom. The number of hydrogen-bond donors (Lipinski definition) is 1. The van der Waals surface area contributed by atoms with Gasteiger partial charge in [-0.1, -0.05) is 13.3 Å². The Kier molecular flexibility index (Phi) is 9.73. The summed E-state index contributed by atoms with van der Waals surface area (Å²) < 4.78 is 0. The number of carbonyl (C=O) groups excluding carboxylic acids is 2. The van der Waals surface area contributed by atoms with Crippen LogP contribution in [-0.4, -0.2) is 36.9 Å². The topological polar surface area (TPSA) is 49.4 Å². The molecule has 0 aromatic heterocycles. The fourth-order valence-electron chi connectivity index (χ4n) is 1.86. The summed E-state index contributed by atoms with van der Waals surface area (Å²) >= 11 is 1.65. The molecule has 122 valence electrons. The molecule has 0 fully saturated rings. The second-order valence-electron chi connectivity index (χ2n) is 5.17. The fourth-order valence-corrected chi connectivity index (χ4v) is 3.29. The number of carbonyl (C=O) groups is 2. The normalized spacial score (nSPS) is 10.3. The molecule has 0 heterocycles. The van der Waals surface area contributed by atoms with Crippen molar-refractivity contribution in [3.05, 3.63) is 29.8 Å². The van der Waals surface area contributed by atoms with Crippen molar-refractivity contribution in [1.82, 2.24) is 10.2 Å². The van der Waals surface area contributed by atoms with E-state index in [4.69, 9.17) is 0 Å². The summed E-state index contributed by atoms with van der Waals surface area (Å²) in [6.07, 6.45) is 2.80. The Balaban J connectivity index is 2.33. The number of amides is 2. The fraction of sp³-hybridized carbons (Fsp3) is 0.500. The first-order valence-electron chi connectivity index (χ1n) is 7.45. The maximum atomic E-state index is 12.1. The molecule has 1 aromatic rings. The number of nitrogens with one attached hydrogen (secondary N) is 1. The van der Waals surface area contributed by atoms with E-state index in [-0.39, 0.29) is 11.8 Å². The summed E-state index contributed by atoms with van der Waals surface area (Å²) in [5, 5.41) is 2.86. The van der Waals surface area contributed by atoms with E-state index in [9.17, 15) is 9.59 Å². The Hall–Kier alpha value is -0.607. The van der Waals surface area contributed by atoms with Gasteiger partial charge in [0.15, 0.2) is 0 Å². The van der Waals surface area contributed by atoms with Crippen LogP contribution in [0.3, 0.4) is 0 Å². The predicted octanol–water partition coefficient (Wildman–Crippen LogP) is 2.55. The van der Waals surface area contributed by atoms with Gasteiger partial charge in [-0.05, 0) is 6.42 Å². The van der Waals surface area contributed by atoms with Gasteiger partial charge in [-0.25, -0.2) is 0 Å². The summed E-state index contributed by atoms with van der Waals surface area (Å²) in [7, 11) is 3.49. The van der Waals surface area contributed by atoms with Crippen LogP contribution in [0.4, 0.5) is 0 Å². The van der Waals surface area contributed by atoms with Gasteiger partial charge in [0.25, 0.3) is 0 Å². The zero-order valence-corrected chi connectivity index (χ0v) is 16.9. The molecule has 0 aliphatic heterocycles. The van der Waals surface area contributed by atoms with Crippen LogP contribution in [0.15, 0.2) is 29.2 Å². The molecule has 0 unspecified atom stereocenters. The SMILES string of the molecule is CCCCNC(=O)CCN(C)C(=O)Cc1ccc(S[At])cc1. The zero-order chi connectivity index (χ0) is 16.4. The molecule has 22 heavy (non-hydrogen) atoms. The van der Waals surface area contributed by atoms with Crippen LogP contribution in [0.25, 0.3) is 0 Å². The van der Waals surface area contributed by atoms with Gasteiger partial charge in [0, 0.05) is 6.54 Å². The van der Waals surface area contributed by atoms with Crippen molar-refractivity contribution >= 4 is 20.3 Å². The standard InChI is InChI=1S/C16H23AtN2O2S/c1-3-4-10-18-15(20)9-11-19(2)16(21)12-13-5-7-14(22-17)8-6-13/h5-8H,3-4,9-12H2,1-2H3,(H,18,20). The Morgan fingerprint density at radius 3 is 2.55 bits per heavy atom. The molecule has 0 bridgehead atoms. The van der Waals surface area contributed by atoms with E-state index in [1.165, 1.54) is 4.90 Å². The summed E-state index contributed by atoms with van der Waals surface area (Å²) in [5.41, 5.74) is 1.01. The summed E-state index contributed by atoms with van der Waals surface area (Å²) in [4.78, 5) is 26.6. The third-order valence-corrected chi connectivity index (χ3v) is 5.85. The first-order chi connectivity index (χ1) is 10.6. The molecule has 0 spiro atoms. The maximum absolute atomic E-state index is 12.1. The molecular weight excluding hydrogens is 494 g/mol. The van der Waals surface area contributed by atoms with Gasteiger partial charge in [0.05, 0.1) is 0 Å². The number of rotatable bonds is 9. The van der Waals surface area contributed by atoms with E-state index in [1.54, 1.807) is 43.7 Å². The van der Waals surface area contributed by atoms with Crippen molar-refractivity contribution < 1.29 is 32.8 Å². The van der Waals surface area contributed by atoms with Gasteiger partial charge >= 0.3 is 125 Å². The van der Waals surface area contributed by atoms with E-state index >= 15 is 0 Å². The molecule has 1 aromatic carbocycles. The predicted molar refractivity (Wildman–Crippen MR) is 86.2 cm³/mol. The van der Waals surface area contributed by atoms with Crippen molar-refractivity contribution in [2.45, 2.75) is 37.5 Å². The number of likely N-dealkylation sites (N-methyl/N-ethyl adjacent to an activating group) is 1. The number of benzene rings is 1. The number of nitrogens with zero attached hydrogens (tertiary/aromatic N) is 1. The van der Waals surface area contributed by atoms with Crippen molar-refractivity contribution in [3.63, 3.8) is 0 Å². The first kappa shape index (κ1) is 19.4. The summed E-state index contributed by atoms with van der Waals surface area (Å²) in [6, 6.07) is 8.05. The third kappa shape index (κ3) is 7.59. The molecule has 0 aliphatic rings. The van der Waals surface area contributed by atoms with Gasteiger partial charge in [0.1, 0.15) is 0 Å². The van der Waals surface area contributed by atoms with Gasteiger partial charge in [-0.15, -0.1) is 0 Å². The van der Waals surface area contributed by atoms with E-state index in [0.717, 1.165) is 24.9 Å². The van der Waals surface area contributed by atoms with Crippen molar-refractivity contribution in [2.75, 3.05) is 20.1 Å². The monoisotopic (exact) mass is 517 g/mol. The van der Waals surface area contributed by atoms with E-state index in [1.807, 2.05) is 24.3 Å².